The van der Waals surface area contributed by atoms with Gasteiger partial charge in [-0.05, 0) is 61.0 Å². The smallest absolute Gasteiger partial charge is 0.495 e. The number of hydrogen-bond acceptors (Lipinski definition) is 6. The fourth-order valence-electron chi connectivity index (χ4n) is 3.14. The van der Waals surface area contributed by atoms with Crippen molar-refractivity contribution < 1.29 is 36.9 Å². The number of halogens is 4. The Labute approximate surface area is 204 Å². The molecule has 3 aromatic rings. The van der Waals surface area contributed by atoms with E-state index in [0.717, 1.165) is 12.1 Å². The van der Waals surface area contributed by atoms with E-state index in [1.807, 2.05) is 0 Å². The van der Waals surface area contributed by atoms with Crippen molar-refractivity contribution in [1.29, 1.82) is 0 Å². The molecule has 3 aromatic carbocycles. The lowest BCUT2D eigenvalue weighted by Crippen LogP contribution is -2.16. The van der Waals surface area contributed by atoms with E-state index < -0.39 is 12.3 Å². The Kier molecular flexibility index (Phi) is 8.14. The summed E-state index contributed by atoms with van der Waals surface area (Å²) >= 11 is 6.07. The van der Waals surface area contributed by atoms with Gasteiger partial charge in [-0.25, -0.2) is 4.79 Å². The van der Waals surface area contributed by atoms with Crippen molar-refractivity contribution in [3.8, 4) is 23.0 Å². The monoisotopic (exact) mass is 507 g/mol. The van der Waals surface area contributed by atoms with E-state index in [4.69, 9.17) is 25.8 Å². The molecule has 0 aliphatic heterocycles. The van der Waals surface area contributed by atoms with E-state index in [1.54, 1.807) is 49.4 Å². The third-order valence-corrected chi connectivity index (χ3v) is 5.00. The first kappa shape index (κ1) is 25.8. The minimum absolute atomic E-state index is 0.293. The Morgan fingerprint density at radius 3 is 2.00 bits per heavy atom. The molecule has 184 valence electrons. The summed E-state index contributed by atoms with van der Waals surface area (Å²) in [6.07, 6.45) is -4.77. The second kappa shape index (κ2) is 11.1. The summed E-state index contributed by atoms with van der Waals surface area (Å²) in [5, 5.41) is 3.60. The zero-order valence-electron chi connectivity index (χ0n) is 18.9. The number of rotatable bonds is 8. The van der Waals surface area contributed by atoms with E-state index in [9.17, 15) is 18.0 Å². The highest BCUT2D eigenvalue weighted by atomic mass is 35.5. The summed E-state index contributed by atoms with van der Waals surface area (Å²) in [4.78, 5) is 12.5. The van der Waals surface area contributed by atoms with Crippen LogP contribution in [0.2, 0.25) is 5.02 Å². The van der Waals surface area contributed by atoms with Crippen molar-refractivity contribution in [2.45, 2.75) is 13.3 Å². The van der Waals surface area contributed by atoms with E-state index in [-0.39, 0.29) is 5.75 Å². The fourth-order valence-corrected chi connectivity index (χ4v) is 3.34. The minimum Gasteiger partial charge on any atom is -0.495 e. The number of alkyl halides is 3. The number of allylic oxidation sites excluding steroid dienone is 1. The number of anilines is 1. The molecular weight excluding hydrogens is 487 g/mol. The first-order chi connectivity index (χ1) is 16.6. The third kappa shape index (κ3) is 7.07. The number of nitrogens with one attached hydrogen (secondary N) is 1. The van der Waals surface area contributed by atoms with Gasteiger partial charge in [-0.2, -0.15) is 0 Å². The van der Waals surface area contributed by atoms with E-state index in [0.29, 0.717) is 44.8 Å². The van der Waals surface area contributed by atoms with Crippen LogP contribution in [0.3, 0.4) is 0 Å². The third-order valence-electron chi connectivity index (χ3n) is 4.68. The lowest BCUT2D eigenvalue weighted by Gasteiger charge is -2.15. The van der Waals surface area contributed by atoms with Gasteiger partial charge in [0, 0.05) is 17.5 Å². The zero-order chi connectivity index (χ0) is 25.6. The Hall–Kier alpha value is -3.85. The Bertz CT molecular complexity index is 1210. The largest absolute Gasteiger partial charge is 0.573 e. The highest BCUT2D eigenvalue weighted by Crippen LogP contribution is 2.31. The molecular formula is C25H21ClF3NO5. The highest BCUT2D eigenvalue weighted by Gasteiger charge is 2.31. The van der Waals surface area contributed by atoms with Crippen molar-refractivity contribution in [2.75, 3.05) is 19.5 Å². The molecule has 3 rings (SSSR count). The first-order valence-corrected chi connectivity index (χ1v) is 10.5. The van der Waals surface area contributed by atoms with E-state index in [1.165, 1.54) is 26.4 Å². The summed E-state index contributed by atoms with van der Waals surface area (Å²) in [7, 11) is 2.78. The molecule has 0 heterocycles. The van der Waals surface area contributed by atoms with Crippen LogP contribution in [0.4, 0.5) is 18.9 Å². The molecule has 0 saturated heterocycles. The van der Waals surface area contributed by atoms with Gasteiger partial charge in [0.25, 0.3) is 0 Å². The molecule has 1 N–H and O–H groups in total. The number of esters is 1. The Morgan fingerprint density at radius 1 is 0.886 bits per heavy atom. The summed E-state index contributed by atoms with van der Waals surface area (Å²) in [5.41, 5.74) is 2.03. The molecule has 0 aliphatic rings. The quantitative estimate of drug-likeness (QED) is 0.260. The van der Waals surface area contributed by atoms with Crippen molar-refractivity contribution in [3.63, 3.8) is 0 Å². The molecule has 0 radical (unpaired) electrons. The number of methoxy groups -OCH3 is 2. The number of carbonyl (C=O) groups is 1. The van der Waals surface area contributed by atoms with Gasteiger partial charge in [-0.1, -0.05) is 23.7 Å². The standard InChI is InChI=1S/C25H21ClF3NO5/c1-15(30-17-6-13-21(26)22(14-17)32-2)23(24(31)33-3)16-4-7-18(8-5-16)34-19-9-11-20(12-10-19)35-25(27,28)29/h4-14,30H,1-3H3. The molecule has 0 unspecified atom stereocenters. The van der Waals surface area contributed by atoms with Crippen LogP contribution in [-0.2, 0) is 9.53 Å². The number of ether oxygens (including phenoxy) is 4. The van der Waals surface area contributed by atoms with Gasteiger partial charge in [0.05, 0.1) is 24.8 Å². The lowest BCUT2D eigenvalue weighted by atomic mass is 10.0. The molecule has 0 bridgehead atoms. The topological polar surface area (TPSA) is 66.0 Å². The van der Waals surface area contributed by atoms with E-state index >= 15 is 0 Å². The normalized spacial score (nSPS) is 11.9. The van der Waals surface area contributed by atoms with Crippen LogP contribution in [-0.4, -0.2) is 26.6 Å². The number of benzene rings is 3. The molecule has 0 atom stereocenters. The van der Waals surface area contributed by atoms with Crippen molar-refractivity contribution in [2.24, 2.45) is 0 Å². The SMILES string of the molecule is COC(=O)C(=C(C)Nc1ccc(Cl)c(OC)c1)c1ccc(Oc2ccc(OC(F)(F)F)cc2)cc1. The van der Waals surface area contributed by atoms with Gasteiger partial charge in [0.1, 0.15) is 23.0 Å². The van der Waals surface area contributed by atoms with Gasteiger partial charge >= 0.3 is 12.3 Å². The molecule has 0 amide bonds. The van der Waals surface area contributed by atoms with Gasteiger partial charge in [-0.3, -0.25) is 0 Å². The summed E-state index contributed by atoms with van der Waals surface area (Å²) < 4.78 is 56.6. The van der Waals surface area contributed by atoms with Crippen molar-refractivity contribution in [1.82, 2.24) is 0 Å². The molecule has 0 fully saturated rings. The second-order valence-corrected chi connectivity index (χ2v) is 7.52. The molecule has 0 aliphatic carbocycles. The van der Waals surface area contributed by atoms with Gasteiger partial charge in [0.15, 0.2) is 0 Å². The Balaban J connectivity index is 1.80. The van der Waals surface area contributed by atoms with E-state index in [2.05, 4.69) is 10.1 Å². The average molecular weight is 508 g/mol. The second-order valence-electron chi connectivity index (χ2n) is 7.11. The van der Waals surface area contributed by atoms with Crippen molar-refractivity contribution in [3.05, 3.63) is 83.0 Å². The molecule has 0 aromatic heterocycles. The average Bonchev–Trinajstić information content (AvgIpc) is 2.81. The minimum atomic E-state index is -4.77. The molecule has 0 saturated carbocycles. The number of hydrogen-bond donors (Lipinski definition) is 1. The van der Waals surface area contributed by atoms with Crippen LogP contribution < -0.4 is 19.5 Å². The molecule has 35 heavy (non-hydrogen) atoms. The van der Waals surface area contributed by atoms with Gasteiger partial charge < -0.3 is 24.3 Å². The molecule has 10 heteroatoms. The molecule has 6 nitrogen and oxygen atoms in total. The lowest BCUT2D eigenvalue weighted by molar-refractivity contribution is -0.274. The van der Waals surface area contributed by atoms with Crippen LogP contribution in [0.1, 0.15) is 12.5 Å². The van der Waals surface area contributed by atoms with Crippen LogP contribution in [0, 0.1) is 0 Å². The maximum absolute atomic E-state index is 12.5. The predicted molar refractivity (Wildman–Crippen MR) is 126 cm³/mol. The predicted octanol–water partition coefficient (Wildman–Crippen LogP) is 7.06. The maximum atomic E-state index is 12.5. The fraction of sp³-hybridized carbons (Fsp3) is 0.160. The first-order valence-electron chi connectivity index (χ1n) is 10.1. The number of carbonyl (C=O) groups excluding carboxylic acids is 1. The zero-order valence-corrected chi connectivity index (χ0v) is 19.7. The summed E-state index contributed by atoms with van der Waals surface area (Å²) in [6.45, 7) is 1.72. The van der Waals surface area contributed by atoms with Crippen LogP contribution in [0.25, 0.3) is 5.57 Å². The highest BCUT2D eigenvalue weighted by molar-refractivity contribution is 6.32. The van der Waals surface area contributed by atoms with Crippen molar-refractivity contribution >= 4 is 28.8 Å². The molecule has 0 spiro atoms. The van der Waals surface area contributed by atoms with Crippen LogP contribution in [0.5, 0.6) is 23.0 Å². The maximum Gasteiger partial charge on any atom is 0.573 e. The Morgan fingerprint density at radius 2 is 1.46 bits per heavy atom. The van der Waals surface area contributed by atoms with Gasteiger partial charge in [0.2, 0.25) is 0 Å². The summed E-state index contributed by atoms with van der Waals surface area (Å²) in [5.74, 6) is 0.295. The van der Waals surface area contributed by atoms with Crippen LogP contribution in [0.15, 0.2) is 72.4 Å². The van der Waals surface area contributed by atoms with Crippen LogP contribution >= 0.6 is 11.6 Å². The summed E-state index contributed by atoms with van der Waals surface area (Å²) in [6, 6.07) is 16.7. The van der Waals surface area contributed by atoms with Gasteiger partial charge in [-0.15, -0.1) is 13.2 Å².